The van der Waals surface area contributed by atoms with Gasteiger partial charge in [-0.05, 0) is 22.0 Å². The van der Waals surface area contributed by atoms with Crippen molar-refractivity contribution < 1.29 is 13.5 Å². The zero-order chi connectivity index (χ0) is 13.0. The SMILES string of the molecule is Fc1cc(F)c(NCCN2CCOCC2)cc1Br. The van der Waals surface area contributed by atoms with Crippen LogP contribution in [-0.4, -0.2) is 44.3 Å². The zero-order valence-electron chi connectivity index (χ0n) is 9.89. The molecule has 1 fully saturated rings. The summed E-state index contributed by atoms with van der Waals surface area (Å²) in [5.74, 6) is -1.16. The van der Waals surface area contributed by atoms with Crippen molar-refractivity contribution in [1.29, 1.82) is 0 Å². The Morgan fingerprint density at radius 1 is 1.22 bits per heavy atom. The standard InChI is InChI=1S/C12H15BrF2N2O/c13-9-7-12(11(15)8-10(9)14)16-1-2-17-3-5-18-6-4-17/h7-8,16H,1-6H2. The maximum absolute atomic E-state index is 13.4. The first-order valence-corrected chi connectivity index (χ1v) is 6.64. The van der Waals surface area contributed by atoms with Crippen LogP contribution in [0, 0.1) is 11.6 Å². The van der Waals surface area contributed by atoms with Crippen LogP contribution in [-0.2, 0) is 4.74 Å². The van der Waals surface area contributed by atoms with Crippen LogP contribution in [0.1, 0.15) is 0 Å². The third-order valence-electron chi connectivity index (χ3n) is 2.86. The molecule has 1 aromatic carbocycles. The zero-order valence-corrected chi connectivity index (χ0v) is 11.5. The van der Waals surface area contributed by atoms with Gasteiger partial charge in [0.05, 0.1) is 23.4 Å². The number of halogens is 3. The Morgan fingerprint density at radius 3 is 2.67 bits per heavy atom. The number of morpholine rings is 1. The van der Waals surface area contributed by atoms with Crippen molar-refractivity contribution in [1.82, 2.24) is 4.90 Å². The molecule has 0 radical (unpaired) electrons. The van der Waals surface area contributed by atoms with E-state index in [1.54, 1.807) is 0 Å². The highest BCUT2D eigenvalue weighted by Gasteiger charge is 2.11. The molecule has 0 aliphatic carbocycles. The molecular formula is C12H15BrF2N2O. The van der Waals surface area contributed by atoms with Gasteiger partial charge in [0, 0.05) is 32.2 Å². The Morgan fingerprint density at radius 2 is 1.94 bits per heavy atom. The van der Waals surface area contributed by atoms with Crippen LogP contribution in [0.25, 0.3) is 0 Å². The molecule has 0 atom stereocenters. The van der Waals surface area contributed by atoms with Gasteiger partial charge in [0.15, 0.2) is 0 Å². The van der Waals surface area contributed by atoms with Crippen molar-refractivity contribution in [3.8, 4) is 0 Å². The lowest BCUT2D eigenvalue weighted by atomic mass is 10.3. The summed E-state index contributed by atoms with van der Waals surface area (Å²) in [5.41, 5.74) is 0.316. The van der Waals surface area contributed by atoms with Crippen molar-refractivity contribution in [2.24, 2.45) is 0 Å². The van der Waals surface area contributed by atoms with E-state index in [4.69, 9.17) is 4.74 Å². The quantitative estimate of drug-likeness (QED) is 0.863. The lowest BCUT2D eigenvalue weighted by molar-refractivity contribution is 0.0398. The van der Waals surface area contributed by atoms with E-state index >= 15 is 0 Å². The molecule has 100 valence electrons. The van der Waals surface area contributed by atoms with E-state index in [2.05, 4.69) is 26.1 Å². The summed E-state index contributed by atoms with van der Waals surface area (Å²) in [4.78, 5) is 2.24. The molecule has 1 aliphatic heterocycles. The highest BCUT2D eigenvalue weighted by Crippen LogP contribution is 2.23. The van der Waals surface area contributed by atoms with Gasteiger partial charge in [0.25, 0.3) is 0 Å². The van der Waals surface area contributed by atoms with Gasteiger partial charge < -0.3 is 10.1 Å². The van der Waals surface area contributed by atoms with Crippen molar-refractivity contribution in [2.45, 2.75) is 0 Å². The summed E-state index contributed by atoms with van der Waals surface area (Å²) >= 11 is 3.04. The molecule has 2 rings (SSSR count). The fourth-order valence-electron chi connectivity index (χ4n) is 1.83. The minimum Gasteiger partial charge on any atom is -0.381 e. The fourth-order valence-corrected chi connectivity index (χ4v) is 2.17. The van der Waals surface area contributed by atoms with Gasteiger partial charge >= 0.3 is 0 Å². The second-order valence-corrected chi connectivity index (χ2v) is 4.98. The van der Waals surface area contributed by atoms with E-state index in [1.807, 2.05) is 0 Å². The van der Waals surface area contributed by atoms with Gasteiger partial charge in [-0.25, -0.2) is 8.78 Å². The maximum Gasteiger partial charge on any atom is 0.149 e. The fraction of sp³-hybridized carbons (Fsp3) is 0.500. The second kappa shape index (κ2) is 6.45. The average molecular weight is 321 g/mol. The number of benzene rings is 1. The van der Waals surface area contributed by atoms with E-state index in [0.29, 0.717) is 12.2 Å². The summed E-state index contributed by atoms with van der Waals surface area (Å²) < 4.78 is 32.0. The lowest BCUT2D eigenvalue weighted by Crippen LogP contribution is -2.39. The van der Waals surface area contributed by atoms with Gasteiger partial charge in [-0.15, -0.1) is 0 Å². The van der Waals surface area contributed by atoms with E-state index < -0.39 is 11.6 Å². The maximum atomic E-state index is 13.4. The molecule has 1 N–H and O–H groups in total. The minimum absolute atomic E-state index is 0.262. The molecule has 1 heterocycles. The number of ether oxygens (including phenoxy) is 1. The molecule has 0 aromatic heterocycles. The summed E-state index contributed by atoms with van der Waals surface area (Å²) in [5, 5.41) is 2.97. The number of hydrogen-bond donors (Lipinski definition) is 1. The van der Waals surface area contributed by atoms with Gasteiger partial charge in [-0.1, -0.05) is 0 Å². The Labute approximate surface area is 113 Å². The molecule has 0 unspecified atom stereocenters. The molecule has 3 nitrogen and oxygen atoms in total. The van der Waals surface area contributed by atoms with Crippen molar-refractivity contribution in [3.05, 3.63) is 28.2 Å². The van der Waals surface area contributed by atoms with Crippen molar-refractivity contribution in [3.63, 3.8) is 0 Å². The Balaban J connectivity index is 1.84. The molecule has 0 saturated carbocycles. The molecule has 1 saturated heterocycles. The first kappa shape index (κ1) is 13.7. The third kappa shape index (κ3) is 3.63. The van der Waals surface area contributed by atoms with Gasteiger partial charge in [-0.2, -0.15) is 0 Å². The summed E-state index contributed by atoms with van der Waals surface area (Å²) in [7, 11) is 0. The van der Waals surface area contributed by atoms with Gasteiger partial charge in [-0.3, -0.25) is 4.90 Å². The Hall–Kier alpha value is -0.720. The average Bonchev–Trinajstić information content (AvgIpc) is 2.37. The van der Waals surface area contributed by atoms with E-state index in [-0.39, 0.29) is 4.47 Å². The summed E-state index contributed by atoms with van der Waals surface area (Å²) in [6.45, 7) is 4.73. The molecule has 0 amide bonds. The largest absolute Gasteiger partial charge is 0.381 e. The highest BCUT2D eigenvalue weighted by atomic mass is 79.9. The summed E-state index contributed by atoms with van der Waals surface area (Å²) in [6, 6.07) is 2.30. The van der Waals surface area contributed by atoms with Gasteiger partial charge in [0.2, 0.25) is 0 Å². The molecule has 18 heavy (non-hydrogen) atoms. The Kier molecular flexibility index (Phi) is 4.91. The van der Waals surface area contributed by atoms with Gasteiger partial charge in [0.1, 0.15) is 11.6 Å². The van der Waals surface area contributed by atoms with Crippen LogP contribution in [0.3, 0.4) is 0 Å². The molecule has 0 spiro atoms. The molecule has 6 heteroatoms. The van der Waals surface area contributed by atoms with Crippen LogP contribution in [0.4, 0.5) is 14.5 Å². The smallest absolute Gasteiger partial charge is 0.149 e. The van der Waals surface area contributed by atoms with E-state index in [1.165, 1.54) is 6.07 Å². The van der Waals surface area contributed by atoms with E-state index in [0.717, 1.165) is 38.9 Å². The second-order valence-electron chi connectivity index (χ2n) is 4.13. The van der Waals surface area contributed by atoms with Crippen LogP contribution in [0.15, 0.2) is 16.6 Å². The predicted octanol–water partition coefficient (Wildman–Crippen LogP) is 2.47. The highest BCUT2D eigenvalue weighted by molar-refractivity contribution is 9.10. The van der Waals surface area contributed by atoms with Crippen LogP contribution in [0.2, 0.25) is 0 Å². The topological polar surface area (TPSA) is 24.5 Å². The molecule has 1 aromatic rings. The lowest BCUT2D eigenvalue weighted by Gasteiger charge is -2.26. The monoisotopic (exact) mass is 320 g/mol. The third-order valence-corrected chi connectivity index (χ3v) is 3.46. The van der Waals surface area contributed by atoms with Crippen molar-refractivity contribution in [2.75, 3.05) is 44.7 Å². The minimum atomic E-state index is -0.591. The van der Waals surface area contributed by atoms with Crippen LogP contribution in [0.5, 0.6) is 0 Å². The normalized spacial score (nSPS) is 16.8. The number of hydrogen-bond acceptors (Lipinski definition) is 3. The first-order chi connectivity index (χ1) is 8.66. The van der Waals surface area contributed by atoms with E-state index in [9.17, 15) is 8.78 Å². The predicted molar refractivity (Wildman–Crippen MR) is 69.8 cm³/mol. The van der Waals surface area contributed by atoms with Crippen LogP contribution < -0.4 is 5.32 Å². The van der Waals surface area contributed by atoms with Crippen LogP contribution >= 0.6 is 15.9 Å². The van der Waals surface area contributed by atoms with Crippen molar-refractivity contribution >= 4 is 21.6 Å². The number of anilines is 1. The summed E-state index contributed by atoms with van der Waals surface area (Å²) in [6.07, 6.45) is 0. The Bertz CT molecular complexity index is 411. The first-order valence-electron chi connectivity index (χ1n) is 5.85. The molecule has 0 bridgehead atoms. The molecular weight excluding hydrogens is 306 g/mol. The molecule has 1 aliphatic rings. The number of nitrogens with one attached hydrogen (secondary N) is 1. The number of nitrogens with zero attached hydrogens (tertiary/aromatic N) is 1. The number of rotatable bonds is 4.